The van der Waals surface area contributed by atoms with E-state index in [4.69, 9.17) is 0 Å². The largest absolute Gasteiger partial charge is 0.308 e. The number of fused-ring (bicyclic) bond motifs is 6. The molecule has 8 rings (SSSR count). The highest BCUT2D eigenvalue weighted by molar-refractivity contribution is 9.11. The molecule has 0 bridgehead atoms. The molecule has 4 heteroatoms. The van der Waals surface area contributed by atoms with Crippen LogP contribution >= 0.6 is 31.9 Å². The van der Waals surface area contributed by atoms with Crippen LogP contribution in [0.1, 0.15) is 38.8 Å². The van der Waals surface area contributed by atoms with Crippen molar-refractivity contribution in [1.29, 1.82) is 0 Å². The minimum absolute atomic E-state index is 0.621. The standard InChI is InChI=1S/C44H38Br2N2/c1-27(2)23-29-11-21-41-37(25-29)35-7-5-9-39(45)43(35)47(41)33-17-13-31(14-18-33)32-15-19-34(20-16-32)48-42-22-12-30(24-28(3)4)26-38(42)36-8-6-10-40(46)44(36)48/h5-22,25-28H,23-24H2,1-4H3. The Hall–Kier alpha value is -4.12. The van der Waals surface area contributed by atoms with Gasteiger partial charge in [-0.3, -0.25) is 0 Å². The van der Waals surface area contributed by atoms with Crippen LogP contribution in [0.15, 0.2) is 130 Å². The second kappa shape index (κ2) is 12.4. The maximum Gasteiger partial charge on any atom is 0.0683 e. The monoisotopic (exact) mass is 752 g/mol. The number of hydrogen-bond acceptors (Lipinski definition) is 0. The molecule has 0 saturated carbocycles. The van der Waals surface area contributed by atoms with E-state index in [9.17, 15) is 0 Å². The Labute approximate surface area is 299 Å². The normalized spacial score (nSPS) is 12.1. The molecule has 0 amide bonds. The second-order valence-electron chi connectivity index (χ2n) is 13.9. The zero-order valence-electron chi connectivity index (χ0n) is 27.8. The minimum Gasteiger partial charge on any atom is -0.308 e. The Morgan fingerprint density at radius 3 is 1.23 bits per heavy atom. The Kier molecular flexibility index (Phi) is 8.05. The summed E-state index contributed by atoms with van der Waals surface area (Å²) in [6.45, 7) is 9.13. The van der Waals surface area contributed by atoms with Gasteiger partial charge >= 0.3 is 0 Å². The van der Waals surface area contributed by atoms with Crippen LogP contribution in [0.3, 0.4) is 0 Å². The molecule has 6 aromatic carbocycles. The van der Waals surface area contributed by atoms with Gasteiger partial charge in [-0.1, -0.05) is 88.4 Å². The number of hydrogen-bond donors (Lipinski definition) is 0. The van der Waals surface area contributed by atoms with Crippen LogP contribution in [0.4, 0.5) is 0 Å². The molecule has 0 aliphatic carbocycles. The predicted octanol–water partition coefficient (Wildman–Crippen LogP) is 13.5. The average molecular weight is 755 g/mol. The quantitative estimate of drug-likeness (QED) is 0.153. The van der Waals surface area contributed by atoms with E-state index >= 15 is 0 Å². The summed E-state index contributed by atoms with van der Waals surface area (Å²) in [6.07, 6.45) is 2.16. The number of rotatable bonds is 7. The average Bonchev–Trinajstić information content (AvgIpc) is 3.58. The highest BCUT2D eigenvalue weighted by atomic mass is 79.9. The molecule has 0 unspecified atom stereocenters. The first-order chi connectivity index (χ1) is 23.3. The zero-order chi connectivity index (χ0) is 33.1. The lowest BCUT2D eigenvalue weighted by molar-refractivity contribution is 0.647. The van der Waals surface area contributed by atoms with Gasteiger partial charge in [-0.2, -0.15) is 0 Å². The lowest BCUT2D eigenvalue weighted by Gasteiger charge is -2.12. The highest BCUT2D eigenvalue weighted by Crippen LogP contribution is 2.39. The van der Waals surface area contributed by atoms with Crippen molar-refractivity contribution in [3.8, 4) is 22.5 Å². The van der Waals surface area contributed by atoms with E-state index in [1.54, 1.807) is 0 Å². The smallest absolute Gasteiger partial charge is 0.0683 e. The molecule has 0 N–H and O–H groups in total. The summed E-state index contributed by atoms with van der Waals surface area (Å²) in [5, 5.41) is 5.16. The Balaban J connectivity index is 1.17. The van der Waals surface area contributed by atoms with Crippen molar-refractivity contribution < 1.29 is 0 Å². The van der Waals surface area contributed by atoms with Crippen molar-refractivity contribution in [2.24, 2.45) is 11.8 Å². The van der Waals surface area contributed by atoms with Crippen LogP contribution in [-0.2, 0) is 12.8 Å². The zero-order valence-corrected chi connectivity index (χ0v) is 30.9. The van der Waals surface area contributed by atoms with Gasteiger partial charge in [0.2, 0.25) is 0 Å². The molecule has 238 valence electrons. The van der Waals surface area contributed by atoms with E-state index in [2.05, 4.69) is 190 Å². The summed E-state index contributed by atoms with van der Waals surface area (Å²) in [4.78, 5) is 0. The topological polar surface area (TPSA) is 9.86 Å². The molecule has 2 heterocycles. The lowest BCUT2D eigenvalue weighted by atomic mass is 10.0. The van der Waals surface area contributed by atoms with Crippen molar-refractivity contribution in [2.75, 3.05) is 0 Å². The van der Waals surface area contributed by atoms with Crippen LogP contribution < -0.4 is 0 Å². The van der Waals surface area contributed by atoms with Crippen molar-refractivity contribution in [3.63, 3.8) is 0 Å². The summed E-state index contributed by atoms with van der Waals surface area (Å²) in [5.74, 6) is 1.24. The van der Waals surface area contributed by atoms with Crippen LogP contribution in [0.2, 0.25) is 0 Å². The second-order valence-corrected chi connectivity index (χ2v) is 15.6. The molecular formula is C44H38Br2N2. The minimum atomic E-state index is 0.621. The first kappa shape index (κ1) is 31.2. The third-order valence-electron chi connectivity index (χ3n) is 9.48. The fourth-order valence-electron chi connectivity index (χ4n) is 7.49. The van der Waals surface area contributed by atoms with E-state index in [0.29, 0.717) is 11.8 Å². The van der Waals surface area contributed by atoms with Gasteiger partial charge in [-0.25, -0.2) is 0 Å². The fourth-order valence-corrected chi connectivity index (χ4v) is 8.57. The van der Waals surface area contributed by atoms with E-state index < -0.39 is 0 Å². The number of halogens is 2. The molecule has 0 radical (unpaired) electrons. The van der Waals surface area contributed by atoms with Crippen LogP contribution in [0.5, 0.6) is 0 Å². The first-order valence-corrected chi connectivity index (χ1v) is 18.5. The molecule has 0 aliphatic rings. The van der Waals surface area contributed by atoms with Gasteiger partial charge in [0.05, 0.1) is 22.1 Å². The Morgan fingerprint density at radius 1 is 0.458 bits per heavy atom. The highest BCUT2D eigenvalue weighted by Gasteiger charge is 2.17. The maximum absolute atomic E-state index is 3.88. The van der Waals surface area contributed by atoms with Crippen molar-refractivity contribution in [1.82, 2.24) is 9.13 Å². The summed E-state index contributed by atoms with van der Waals surface area (Å²) in [5.41, 5.74) is 12.4. The number of nitrogens with zero attached hydrogens (tertiary/aromatic N) is 2. The van der Waals surface area contributed by atoms with Crippen LogP contribution in [0, 0.1) is 11.8 Å². The van der Waals surface area contributed by atoms with Gasteiger partial charge in [-0.15, -0.1) is 0 Å². The molecule has 0 saturated heterocycles. The fraction of sp³-hybridized carbons (Fsp3) is 0.182. The molecular weight excluding hydrogens is 716 g/mol. The van der Waals surface area contributed by atoms with E-state index in [1.807, 2.05) is 0 Å². The molecule has 0 fully saturated rings. The SMILES string of the molecule is CC(C)Cc1ccc2c(c1)c1cccc(Br)c1n2-c1ccc(-c2ccc(-n3c4ccc(CC(C)C)cc4c4cccc(Br)c43)cc2)cc1. The molecule has 8 aromatic rings. The Bertz CT molecular complexity index is 2290. The molecule has 48 heavy (non-hydrogen) atoms. The van der Waals surface area contributed by atoms with E-state index in [0.717, 1.165) is 33.2 Å². The summed E-state index contributed by atoms with van der Waals surface area (Å²) >= 11 is 7.75. The third-order valence-corrected chi connectivity index (χ3v) is 10.8. The Morgan fingerprint density at radius 2 is 0.854 bits per heavy atom. The van der Waals surface area contributed by atoms with E-state index in [1.165, 1.54) is 65.9 Å². The first-order valence-electron chi connectivity index (χ1n) is 16.9. The summed E-state index contributed by atoms with van der Waals surface area (Å²) in [6, 6.07) is 45.0. The third kappa shape index (κ3) is 5.40. The van der Waals surface area contributed by atoms with Crippen LogP contribution in [0.25, 0.3) is 66.1 Å². The predicted molar refractivity (Wildman–Crippen MR) is 213 cm³/mol. The van der Waals surface area contributed by atoms with Crippen molar-refractivity contribution in [2.45, 2.75) is 40.5 Å². The van der Waals surface area contributed by atoms with Crippen LogP contribution in [-0.4, -0.2) is 9.13 Å². The summed E-state index contributed by atoms with van der Waals surface area (Å²) in [7, 11) is 0. The van der Waals surface area contributed by atoms with Gasteiger partial charge in [0.1, 0.15) is 0 Å². The molecule has 0 spiro atoms. The van der Waals surface area contributed by atoms with Gasteiger partial charge < -0.3 is 9.13 Å². The van der Waals surface area contributed by atoms with Gasteiger partial charge in [0.25, 0.3) is 0 Å². The molecule has 2 nitrogen and oxygen atoms in total. The van der Waals surface area contributed by atoms with E-state index in [-0.39, 0.29) is 0 Å². The molecule has 0 aliphatic heterocycles. The summed E-state index contributed by atoms with van der Waals surface area (Å²) < 4.78 is 7.00. The number of benzene rings is 6. The van der Waals surface area contributed by atoms with Crippen molar-refractivity contribution >= 4 is 75.5 Å². The van der Waals surface area contributed by atoms with Gasteiger partial charge in [0, 0.05) is 41.9 Å². The molecule has 0 atom stereocenters. The van der Waals surface area contributed by atoms with Gasteiger partial charge in [0.15, 0.2) is 0 Å². The van der Waals surface area contributed by atoms with Gasteiger partial charge in [-0.05, 0) is 139 Å². The lowest BCUT2D eigenvalue weighted by Crippen LogP contribution is -1.96. The maximum atomic E-state index is 3.88. The number of aromatic nitrogens is 2. The number of para-hydroxylation sites is 2. The molecule has 2 aromatic heterocycles. The van der Waals surface area contributed by atoms with Crippen molar-refractivity contribution in [3.05, 3.63) is 141 Å².